The molecular weight excluding hydrogens is 377 g/mol. The Hall–Kier alpha value is -2.80. The number of halogens is 1. The molecule has 0 aliphatic carbocycles. The van der Waals surface area contributed by atoms with Gasteiger partial charge in [-0.25, -0.2) is 9.37 Å². The van der Waals surface area contributed by atoms with E-state index in [4.69, 9.17) is 4.98 Å². The second-order valence-corrected chi connectivity index (χ2v) is 7.92. The molecule has 1 saturated heterocycles. The fourth-order valence-electron chi connectivity index (χ4n) is 3.48. The zero-order chi connectivity index (χ0) is 19.5. The Morgan fingerprint density at radius 1 is 1.18 bits per heavy atom. The third kappa shape index (κ3) is 3.89. The van der Waals surface area contributed by atoms with E-state index < -0.39 is 11.7 Å². The molecule has 0 spiro atoms. The lowest BCUT2D eigenvalue weighted by Gasteiger charge is -2.32. The minimum absolute atomic E-state index is 0.0544. The molecule has 2 heterocycles. The summed E-state index contributed by atoms with van der Waals surface area (Å²) in [6.45, 7) is 1.11. The van der Waals surface area contributed by atoms with E-state index >= 15 is 0 Å². The topological polar surface area (TPSA) is 62.3 Å². The summed E-state index contributed by atoms with van der Waals surface area (Å²) in [5, 5.41) is 3.58. The van der Waals surface area contributed by atoms with Crippen molar-refractivity contribution in [3.05, 3.63) is 64.9 Å². The van der Waals surface area contributed by atoms with Gasteiger partial charge in [0.05, 0.1) is 27.3 Å². The summed E-state index contributed by atoms with van der Waals surface area (Å²) in [5.41, 5.74) is 0.935. The van der Waals surface area contributed by atoms with Gasteiger partial charge in [0.1, 0.15) is 5.82 Å². The van der Waals surface area contributed by atoms with Crippen molar-refractivity contribution in [1.82, 2.24) is 15.2 Å². The van der Waals surface area contributed by atoms with Crippen molar-refractivity contribution >= 4 is 33.4 Å². The number of thiazole rings is 1. The Balaban J connectivity index is 1.38. The third-order valence-corrected chi connectivity index (χ3v) is 6.15. The molecule has 1 atom stereocenters. The molecule has 1 fully saturated rings. The van der Waals surface area contributed by atoms with Crippen LogP contribution in [0.4, 0.5) is 4.39 Å². The molecule has 144 valence electrons. The van der Waals surface area contributed by atoms with Gasteiger partial charge in [0.25, 0.3) is 5.91 Å². The summed E-state index contributed by atoms with van der Waals surface area (Å²) in [6.07, 6.45) is 1.89. The fraction of sp³-hybridized carbons (Fsp3) is 0.286. The van der Waals surface area contributed by atoms with Crippen LogP contribution in [-0.2, 0) is 4.79 Å². The van der Waals surface area contributed by atoms with Gasteiger partial charge in [0.2, 0.25) is 5.91 Å². The Labute approximate surface area is 166 Å². The quantitative estimate of drug-likeness (QED) is 0.732. The van der Waals surface area contributed by atoms with Gasteiger partial charge in [-0.1, -0.05) is 24.3 Å². The van der Waals surface area contributed by atoms with E-state index in [0.29, 0.717) is 13.1 Å². The summed E-state index contributed by atoms with van der Waals surface area (Å²) in [7, 11) is 0. The lowest BCUT2D eigenvalue weighted by molar-refractivity contribution is -0.131. The van der Waals surface area contributed by atoms with Gasteiger partial charge in [0, 0.05) is 19.0 Å². The Morgan fingerprint density at radius 3 is 2.79 bits per heavy atom. The number of aromatic nitrogens is 1. The molecule has 1 aliphatic rings. The van der Waals surface area contributed by atoms with Crippen LogP contribution in [-0.4, -0.2) is 41.3 Å². The van der Waals surface area contributed by atoms with Gasteiger partial charge in [-0.15, -0.1) is 11.3 Å². The van der Waals surface area contributed by atoms with Crippen LogP contribution in [0.15, 0.2) is 48.5 Å². The van der Waals surface area contributed by atoms with E-state index in [1.54, 1.807) is 22.3 Å². The summed E-state index contributed by atoms with van der Waals surface area (Å²) >= 11 is 1.67. The smallest absolute Gasteiger partial charge is 0.254 e. The standard InChI is InChI=1S/C21H20FN3O2S/c22-16-8-2-1-7-15(16)20(27)23-12-19(26)25-11-5-6-14(13-25)21-24-17-9-3-4-10-18(17)28-21/h1-4,7-10,14H,5-6,11-13H2,(H,23,27)/t14-/m0/s1. The van der Waals surface area contributed by atoms with Crippen molar-refractivity contribution in [3.63, 3.8) is 0 Å². The number of para-hydroxylation sites is 1. The van der Waals surface area contributed by atoms with E-state index in [2.05, 4.69) is 11.4 Å². The van der Waals surface area contributed by atoms with Crippen molar-refractivity contribution < 1.29 is 14.0 Å². The van der Waals surface area contributed by atoms with Gasteiger partial charge in [-0.3, -0.25) is 9.59 Å². The SMILES string of the molecule is O=C(NCC(=O)N1CCC[C@H](c2nc3ccccc3s2)C1)c1ccccc1F. The van der Waals surface area contributed by atoms with Gasteiger partial charge in [-0.2, -0.15) is 0 Å². The zero-order valence-corrected chi connectivity index (χ0v) is 16.0. The highest BCUT2D eigenvalue weighted by molar-refractivity contribution is 7.18. The maximum absolute atomic E-state index is 13.7. The van der Waals surface area contributed by atoms with E-state index in [9.17, 15) is 14.0 Å². The average molecular weight is 397 g/mol. The van der Waals surface area contributed by atoms with Gasteiger partial charge < -0.3 is 10.2 Å². The Bertz CT molecular complexity index is 987. The van der Waals surface area contributed by atoms with Crippen molar-refractivity contribution in [2.75, 3.05) is 19.6 Å². The van der Waals surface area contributed by atoms with Crippen LogP contribution in [0.5, 0.6) is 0 Å². The molecule has 0 bridgehead atoms. The van der Waals surface area contributed by atoms with E-state index in [1.165, 1.54) is 18.2 Å². The first kappa shape index (κ1) is 18.6. The second kappa shape index (κ2) is 8.06. The molecule has 2 amide bonds. The molecular formula is C21H20FN3O2S. The Morgan fingerprint density at radius 2 is 1.96 bits per heavy atom. The first-order valence-electron chi connectivity index (χ1n) is 9.28. The van der Waals surface area contributed by atoms with Gasteiger partial charge in [0.15, 0.2) is 0 Å². The van der Waals surface area contributed by atoms with Crippen molar-refractivity contribution in [3.8, 4) is 0 Å². The number of benzene rings is 2. The van der Waals surface area contributed by atoms with Crippen LogP contribution in [0.3, 0.4) is 0 Å². The number of carbonyl (C=O) groups excluding carboxylic acids is 2. The number of amides is 2. The maximum atomic E-state index is 13.7. The molecule has 1 N–H and O–H groups in total. The zero-order valence-electron chi connectivity index (χ0n) is 15.2. The monoisotopic (exact) mass is 397 g/mol. The lowest BCUT2D eigenvalue weighted by atomic mass is 9.98. The first-order chi connectivity index (χ1) is 13.6. The van der Waals surface area contributed by atoms with Crippen LogP contribution in [0.1, 0.15) is 34.1 Å². The van der Waals surface area contributed by atoms with Crippen LogP contribution in [0, 0.1) is 5.82 Å². The predicted octanol–water partition coefficient (Wildman–Crippen LogP) is 3.57. The molecule has 28 heavy (non-hydrogen) atoms. The molecule has 2 aromatic carbocycles. The normalized spacial score (nSPS) is 16.9. The molecule has 7 heteroatoms. The number of nitrogens with one attached hydrogen (secondary N) is 1. The first-order valence-corrected chi connectivity index (χ1v) is 10.1. The van der Waals surface area contributed by atoms with E-state index in [1.807, 2.05) is 18.2 Å². The lowest BCUT2D eigenvalue weighted by Crippen LogP contribution is -2.44. The number of rotatable bonds is 4. The van der Waals surface area contributed by atoms with Crippen LogP contribution >= 0.6 is 11.3 Å². The Kier molecular flexibility index (Phi) is 5.34. The molecule has 0 saturated carbocycles. The summed E-state index contributed by atoms with van der Waals surface area (Å²) < 4.78 is 14.8. The number of nitrogens with zero attached hydrogens (tertiary/aromatic N) is 2. The predicted molar refractivity (Wildman–Crippen MR) is 107 cm³/mol. The van der Waals surface area contributed by atoms with Crippen molar-refractivity contribution in [1.29, 1.82) is 0 Å². The minimum atomic E-state index is -0.596. The van der Waals surface area contributed by atoms with Crippen LogP contribution in [0.25, 0.3) is 10.2 Å². The maximum Gasteiger partial charge on any atom is 0.254 e. The number of carbonyl (C=O) groups is 2. The summed E-state index contributed by atoms with van der Waals surface area (Å²) in [4.78, 5) is 31.2. The van der Waals surface area contributed by atoms with E-state index in [-0.39, 0.29) is 23.9 Å². The molecule has 5 nitrogen and oxygen atoms in total. The third-order valence-electron chi connectivity index (χ3n) is 4.95. The van der Waals surface area contributed by atoms with Gasteiger partial charge in [-0.05, 0) is 37.1 Å². The number of fused-ring (bicyclic) bond motifs is 1. The molecule has 0 radical (unpaired) electrons. The molecule has 1 aromatic heterocycles. The molecule has 1 aliphatic heterocycles. The number of hydrogen-bond acceptors (Lipinski definition) is 4. The fourth-order valence-corrected chi connectivity index (χ4v) is 4.57. The molecule has 0 unspecified atom stereocenters. The molecule has 3 aromatic rings. The average Bonchev–Trinajstić information content (AvgIpc) is 3.16. The molecule has 4 rings (SSSR count). The van der Waals surface area contributed by atoms with Crippen molar-refractivity contribution in [2.45, 2.75) is 18.8 Å². The largest absolute Gasteiger partial charge is 0.343 e. The number of likely N-dealkylation sites (tertiary alicyclic amines) is 1. The highest BCUT2D eigenvalue weighted by atomic mass is 32.1. The highest BCUT2D eigenvalue weighted by Gasteiger charge is 2.27. The summed E-state index contributed by atoms with van der Waals surface area (Å²) in [5.74, 6) is -1.12. The summed E-state index contributed by atoms with van der Waals surface area (Å²) in [6, 6.07) is 13.8. The number of hydrogen-bond donors (Lipinski definition) is 1. The number of piperidine rings is 1. The highest BCUT2D eigenvalue weighted by Crippen LogP contribution is 2.32. The van der Waals surface area contributed by atoms with Crippen molar-refractivity contribution in [2.24, 2.45) is 0 Å². The minimum Gasteiger partial charge on any atom is -0.343 e. The van der Waals surface area contributed by atoms with Crippen LogP contribution in [0.2, 0.25) is 0 Å². The van der Waals surface area contributed by atoms with E-state index in [0.717, 1.165) is 28.1 Å². The van der Waals surface area contributed by atoms with Crippen LogP contribution < -0.4 is 5.32 Å². The van der Waals surface area contributed by atoms with Gasteiger partial charge >= 0.3 is 0 Å². The second-order valence-electron chi connectivity index (χ2n) is 6.86.